The van der Waals surface area contributed by atoms with E-state index in [0.29, 0.717) is 11.4 Å². The van der Waals surface area contributed by atoms with Gasteiger partial charge in [0.25, 0.3) is 10.0 Å². The molecule has 0 aliphatic carbocycles. The largest absolute Gasteiger partial charge is 0.481 e. The van der Waals surface area contributed by atoms with Gasteiger partial charge in [-0.2, -0.15) is 0 Å². The van der Waals surface area contributed by atoms with Crippen LogP contribution in [0.4, 0.5) is 11.4 Å². The number of hydrogen-bond donors (Lipinski definition) is 4. The molecule has 10 heteroatoms. The van der Waals surface area contributed by atoms with Gasteiger partial charge in [-0.3, -0.25) is 13.9 Å². The molecule has 0 saturated carbocycles. The van der Waals surface area contributed by atoms with Crippen LogP contribution in [0.15, 0.2) is 53.4 Å². The summed E-state index contributed by atoms with van der Waals surface area (Å²) in [7, 11) is -3.98. The number of rotatable bonds is 11. The van der Waals surface area contributed by atoms with E-state index in [1.165, 1.54) is 19.1 Å². The quantitative estimate of drug-likeness (QED) is 0.382. The molecule has 0 radical (unpaired) electrons. The zero-order valence-corrected chi connectivity index (χ0v) is 18.2. The molecule has 1 atom stereocenters. The first-order valence-corrected chi connectivity index (χ1v) is 11.1. The summed E-state index contributed by atoms with van der Waals surface area (Å²) in [5.41, 5.74) is 1.74. The number of carboxylic acids is 1. The van der Waals surface area contributed by atoms with Crippen LogP contribution in [0.1, 0.15) is 18.9 Å². The van der Waals surface area contributed by atoms with E-state index in [0.717, 1.165) is 9.87 Å². The standard InChI is InChI=1S/C21H27N3O6S/c1-15-3-9-20(10-4-15)31(29,30)24(14-19(26)13-22-12-11-21(27)28)18-7-5-17(6-8-18)23-16(2)25/h3-10,19,22,26H,11-14H2,1-2H3,(H,23,25)(H,27,28). The van der Waals surface area contributed by atoms with Crippen LogP contribution >= 0.6 is 0 Å². The number of aliphatic hydroxyl groups excluding tert-OH is 1. The zero-order valence-electron chi connectivity index (χ0n) is 17.4. The molecule has 1 unspecified atom stereocenters. The van der Waals surface area contributed by atoms with Crippen molar-refractivity contribution in [3.8, 4) is 0 Å². The minimum absolute atomic E-state index is 0.0250. The molecular formula is C21H27N3O6S. The van der Waals surface area contributed by atoms with Crippen LogP contribution in [0.3, 0.4) is 0 Å². The smallest absolute Gasteiger partial charge is 0.304 e. The van der Waals surface area contributed by atoms with Crippen molar-refractivity contribution < 1.29 is 28.2 Å². The highest BCUT2D eigenvalue weighted by molar-refractivity contribution is 7.92. The Hall–Kier alpha value is -2.95. The Morgan fingerprint density at radius 2 is 1.68 bits per heavy atom. The van der Waals surface area contributed by atoms with Gasteiger partial charge in [0.1, 0.15) is 0 Å². The first kappa shape index (κ1) is 24.3. The number of carbonyl (C=O) groups excluding carboxylic acids is 1. The Bertz CT molecular complexity index is 991. The van der Waals surface area contributed by atoms with Gasteiger partial charge in [0, 0.05) is 25.7 Å². The topological polar surface area (TPSA) is 136 Å². The average Bonchev–Trinajstić information content (AvgIpc) is 2.70. The average molecular weight is 450 g/mol. The van der Waals surface area contributed by atoms with Gasteiger partial charge < -0.3 is 20.8 Å². The predicted octanol–water partition coefficient (Wildman–Crippen LogP) is 1.57. The van der Waals surface area contributed by atoms with Gasteiger partial charge in [-0.15, -0.1) is 0 Å². The lowest BCUT2D eigenvalue weighted by Gasteiger charge is -2.27. The summed E-state index contributed by atoms with van der Waals surface area (Å²) < 4.78 is 27.7. The lowest BCUT2D eigenvalue weighted by Crippen LogP contribution is -2.42. The molecule has 0 aliphatic rings. The second kappa shape index (κ2) is 10.9. The van der Waals surface area contributed by atoms with E-state index >= 15 is 0 Å². The summed E-state index contributed by atoms with van der Waals surface area (Å²) >= 11 is 0. The number of amides is 1. The third kappa shape index (κ3) is 7.35. The van der Waals surface area contributed by atoms with Crippen LogP contribution in [0.2, 0.25) is 0 Å². The third-order valence-electron chi connectivity index (χ3n) is 4.36. The highest BCUT2D eigenvalue weighted by Gasteiger charge is 2.27. The van der Waals surface area contributed by atoms with Crippen LogP contribution in [-0.2, 0) is 19.6 Å². The highest BCUT2D eigenvalue weighted by atomic mass is 32.2. The van der Waals surface area contributed by atoms with Crippen molar-refractivity contribution in [2.45, 2.75) is 31.3 Å². The van der Waals surface area contributed by atoms with E-state index in [2.05, 4.69) is 10.6 Å². The zero-order chi connectivity index (χ0) is 23.0. The number of aliphatic hydroxyl groups is 1. The van der Waals surface area contributed by atoms with Crippen LogP contribution in [0, 0.1) is 6.92 Å². The molecule has 0 fully saturated rings. The fourth-order valence-electron chi connectivity index (χ4n) is 2.81. The Morgan fingerprint density at radius 1 is 1.06 bits per heavy atom. The van der Waals surface area contributed by atoms with Crippen molar-refractivity contribution in [1.29, 1.82) is 0 Å². The molecule has 2 rings (SSSR count). The number of aliphatic carboxylic acids is 1. The van der Waals surface area contributed by atoms with Crippen molar-refractivity contribution >= 4 is 33.3 Å². The molecular weight excluding hydrogens is 422 g/mol. The van der Waals surface area contributed by atoms with Gasteiger partial charge in [-0.1, -0.05) is 17.7 Å². The number of nitrogens with one attached hydrogen (secondary N) is 2. The molecule has 9 nitrogen and oxygen atoms in total. The molecule has 0 heterocycles. The Morgan fingerprint density at radius 3 is 2.23 bits per heavy atom. The normalized spacial score (nSPS) is 12.2. The van der Waals surface area contributed by atoms with E-state index in [1.807, 2.05) is 6.92 Å². The summed E-state index contributed by atoms with van der Waals surface area (Å²) in [5.74, 6) is -1.22. The van der Waals surface area contributed by atoms with Crippen LogP contribution in [-0.4, -0.2) is 56.2 Å². The molecule has 2 aromatic carbocycles. The monoisotopic (exact) mass is 449 g/mol. The fourth-order valence-corrected chi connectivity index (χ4v) is 4.32. The second-order valence-corrected chi connectivity index (χ2v) is 8.94. The molecule has 0 spiro atoms. The Labute approximate surface area is 181 Å². The highest BCUT2D eigenvalue weighted by Crippen LogP contribution is 2.26. The molecule has 0 aromatic heterocycles. The molecule has 2 aromatic rings. The number of nitrogens with zero attached hydrogens (tertiary/aromatic N) is 1. The van der Waals surface area contributed by atoms with Gasteiger partial charge in [-0.25, -0.2) is 8.42 Å². The van der Waals surface area contributed by atoms with E-state index in [1.54, 1.807) is 36.4 Å². The molecule has 0 aliphatic heterocycles. The van der Waals surface area contributed by atoms with E-state index in [4.69, 9.17) is 5.11 Å². The van der Waals surface area contributed by atoms with Crippen molar-refractivity contribution in [2.75, 3.05) is 29.3 Å². The SMILES string of the molecule is CC(=O)Nc1ccc(N(CC(O)CNCCC(=O)O)S(=O)(=O)c2ccc(C)cc2)cc1. The van der Waals surface area contributed by atoms with E-state index in [9.17, 15) is 23.1 Å². The number of sulfonamides is 1. The first-order valence-electron chi connectivity index (χ1n) is 9.67. The summed E-state index contributed by atoms with van der Waals surface area (Å²) in [4.78, 5) is 21.9. The van der Waals surface area contributed by atoms with Gasteiger partial charge in [0.15, 0.2) is 0 Å². The lowest BCUT2D eigenvalue weighted by molar-refractivity contribution is -0.136. The summed E-state index contributed by atoms with van der Waals surface area (Å²) in [6.07, 6.45) is -1.19. The van der Waals surface area contributed by atoms with Crippen LogP contribution in [0.5, 0.6) is 0 Å². The van der Waals surface area contributed by atoms with Crippen LogP contribution < -0.4 is 14.9 Å². The number of benzene rings is 2. The van der Waals surface area contributed by atoms with Gasteiger partial charge in [-0.05, 0) is 43.3 Å². The van der Waals surface area contributed by atoms with Crippen molar-refractivity contribution in [1.82, 2.24) is 5.32 Å². The maximum atomic E-state index is 13.3. The molecule has 168 valence electrons. The minimum atomic E-state index is -3.98. The van der Waals surface area contributed by atoms with Crippen LogP contribution in [0.25, 0.3) is 0 Å². The number of anilines is 2. The fraction of sp³-hybridized carbons (Fsp3) is 0.333. The number of hydrogen-bond acceptors (Lipinski definition) is 6. The van der Waals surface area contributed by atoms with E-state index < -0.39 is 22.1 Å². The third-order valence-corrected chi connectivity index (χ3v) is 6.16. The summed E-state index contributed by atoms with van der Waals surface area (Å²) in [6, 6.07) is 12.6. The lowest BCUT2D eigenvalue weighted by atomic mass is 10.2. The maximum Gasteiger partial charge on any atom is 0.304 e. The van der Waals surface area contributed by atoms with Gasteiger partial charge in [0.2, 0.25) is 5.91 Å². The maximum absolute atomic E-state index is 13.3. The molecule has 0 bridgehead atoms. The predicted molar refractivity (Wildman–Crippen MR) is 118 cm³/mol. The first-order chi connectivity index (χ1) is 14.6. The molecule has 1 amide bonds. The van der Waals surface area contributed by atoms with Crippen molar-refractivity contribution in [3.63, 3.8) is 0 Å². The van der Waals surface area contributed by atoms with Gasteiger partial charge >= 0.3 is 5.97 Å². The Balaban J connectivity index is 2.27. The minimum Gasteiger partial charge on any atom is -0.481 e. The number of carboxylic acid groups (broad SMARTS) is 1. The summed E-state index contributed by atoms with van der Waals surface area (Å²) in [6.45, 7) is 3.16. The van der Waals surface area contributed by atoms with E-state index in [-0.39, 0.29) is 36.9 Å². The number of carbonyl (C=O) groups is 2. The molecule has 31 heavy (non-hydrogen) atoms. The number of aryl methyl sites for hydroxylation is 1. The molecule has 4 N–H and O–H groups in total. The molecule has 0 saturated heterocycles. The summed E-state index contributed by atoms with van der Waals surface area (Å²) in [5, 5.41) is 24.5. The van der Waals surface area contributed by atoms with Crippen molar-refractivity contribution in [2.24, 2.45) is 0 Å². The second-order valence-electron chi connectivity index (χ2n) is 7.08. The van der Waals surface area contributed by atoms with Gasteiger partial charge in [0.05, 0.1) is 29.7 Å². The Kier molecular flexibility index (Phi) is 8.55. The van der Waals surface area contributed by atoms with Crippen molar-refractivity contribution in [3.05, 3.63) is 54.1 Å².